The third kappa shape index (κ3) is 3.31. The Morgan fingerprint density at radius 2 is 2.04 bits per heavy atom. The van der Waals surface area contributed by atoms with Gasteiger partial charge in [-0.15, -0.1) is 10.2 Å². The molecule has 0 amide bonds. The van der Waals surface area contributed by atoms with Crippen molar-refractivity contribution in [3.63, 3.8) is 0 Å². The summed E-state index contributed by atoms with van der Waals surface area (Å²) >= 11 is 0. The molecule has 122 valence electrons. The van der Waals surface area contributed by atoms with E-state index in [4.69, 9.17) is 8.83 Å². The van der Waals surface area contributed by atoms with Crippen LogP contribution < -0.4 is 0 Å². The van der Waals surface area contributed by atoms with E-state index in [1.165, 1.54) is 12.0 Å². The van der Waals surface area contributed by atoms with Crippen LogP contribution in [0.15, 0.2) is 63.6 Å². The molecule has 5 nitrogen and oxygen atoms in total. The molecule has 0 aliphatic carbocycles. The molecule has 3 aromatic rings. The minimum absolute atomic E-state index is 0.407. The van der Waals surface area contributed by atoms with Crippen molar-refractivity contribution in [2.75, 3.05) is 6.54 Å². The minimum Gasteiger partial charge on any atom is -0.459 e. The number of likely N-dealkylation sites (tertiary alicyclic amines) is 1. The standard InChI is InChI=1S/C19H19N3O2/c1-2-6-15(7-3-1)10-11-16-8-4-12-22(16)14-18-20-21-19(24-18)17-9-5-13-23-17/h1-3,5-7,9-11,13,16H,4,8,12,14H2/b11-10+. The van der Waals surface area contributed by atoms with Crippen molar-refractivity contribution in [3.8, 4) is 11.7 Å². The lowest BCUT2D eigenvalue weighted by molar-refractivity contribution is 0.252. The lowest BCUT2D eigenvalue weighted by atomic mass is 10.1. The van der Waals surface area contributed by atoms with Gasteiger partial charge in [0.1, 0.15) is 0 Å². The lowest BCUT2D eigenvalue weighted by Gasteiger charge is -2.19. The Labute approximate surface area is 140 Å². The predicted octanol–water partition coefficient (Wildman–Crippen LogP) is 4.01. The molecule has 1 aliphatic heterocycles. The van der Waals surface area contributed by atoms with Gasteiger partial charge in [0.15, 0.2) is 5.76 Å². The van der Waals surface area contributed by atoms with Gasteiger partial charge >= 0.3 is 0 Å². The van der Waals surface area contributed by atoms with Crippen molar-refractivity contribution < 1.29 is 8.83 Å². The first-order valence-electron chi connectivity index (χ1n) is 8.22. The van der Waals surface area contributed by atoms with E-state index in [2.05, 4.69) is 51.5 Å². The molecule has 0 bridgehead atoms. The molecule has 5 heteroatoms. The Kier molecular flexibility index (Phi) is 4.25. The molecule has 24 heavy (non-hydrogen) atoms. The number of aromatic nitrogens is 2. The molecule has 1 saturated heterocycles. The Hall–Kier alpha value is -2.66. The van der Waals surface area contributed by atoms with Gasteiger partial charge in [-0.3, -0.25) is 4.90 Å². The van der Waals surface area contributed by atoms with Crippen LogP contribution in [0.25, 0.3) is 17.7 Å². The molecule has 3 heterocycles. The van der Waals surface area contributed by atoms with Crippen LogP contribution in [-0.2, 0) is 6.54 Å². The van der Waals surface area contributed by atoms with Crippen molar-refractivity contribution in [2.45, 2.75) is 25.4 Å². The van der Waals surface area contributed by atoms with Crippen molar-refractivity contribution in [3.05, 3.63) is 66.3 Å². The first-order chi connectivity index (χ1) is 11.9. The van der Waals surface area contributed by atoms with Crippen LogP contribution in [0, 0.1) is 0 Å². The number of hydrogen-bond donors (Lipinski definition) is 0. The fourth-order valence-corrected chi connectivity index (χ4v) is 3.04. The van der Waals surface area contributed by atoms with Gasteiger partial charge in [-0.2, -0.15) is 0 Å². The van der Waals surface area contributed by atoms with E-state index in [1.807, 2.05) is 18.2 Å². The summed E-state index contributed by atoms with van der Waals surface area (Å²) in [6.07, 6.45) is 8.40. The van der Waals surface area contributed by atoms with Gasteiger partial charge in [0.25, 0.3) is 5.89 Å². The van der Waals surface area contributed by atoms with Crippen molar-refractivity contribution in [1.82, 2.24) is 15.1 Å². The maximum absolute atomic E-state index is 5.72. The fraction of sp³-hybridized carbons (Fsp3) is 0.263. The van der Waals surface area contributed by atoms with Crippen LogP contribution in [-0.4, -0.2) is 27.7 Å². The predicted molar refractivity (Wildman–Crippen MR) is 90.9 cm³/mol. The van der Waals surface area contributed by atoms with Gasteiger partial charge in [-0.1, -0.05) is 42.5 Å². The van der Waals surface area contributed by atoms with E-state index >= 15 is 0 Å². The molecule has 1 fully saturated rings. The highest BCUT2D eigenvalue weighted by atomic mass is 16.4. The number of benzene rings is 1. The van der Waals surface area contributed by atoms with Crippen molar-refractivity contribution in [2.24, 2.45) is 0 Å². The lowest BCUT2D eigenvalue weighted by Crippen LogP contribution is -2.27. The van der Waals surface area contributed by atoms with Gasteiger partial charge in [0.05, 0.1) is 12.8 Å². The van der Waals surface area contributed by atoms with Crippen LogP contribution in [0.5, 0.6) is 0 Å². The fourth-order valence-electron chi connectivity index (χ4n) is 3.04. The van der Waals surface area contributed by atoms with E-state index in [9.17, 15) is 0 Å². The molecule has 0 radical (unpaired) electrons. The molecule has 1 unspecified atom stereocenters. The average Bonchev–Trinajstić information content (AvgIpc) is 3.36. The minimum atomic E-state index is 0.407. The maximum atomic E-state index is 5.72. The van der Waals surface area contributed by atoms with Gasteiger partial charge < -0.3 is 8.83 Å². The molecule has 4 rings (SSSR count). The summed E-state index contributed by atoms with van der Waals surface area (Å²) in [5.41, 5.74) is 1.22. The molecule has 0 spiro atoms. The zero-order valence-corrected chi connectivity index (χ0v) is 13.3. The van der Waals surface area contributed by atoms with Gasteiger partial charge in [-0.05, 0) is 37.1 Å². The number of rotatable bonds is 5. The van der Waals surface area contributed by atoms with E-state index in [0.717, 1.165) is 13.0 Å². The second kappa shape index (κ2) is 6.84. The van der Waals surface area contributed by atoms with Gasteiger partial charge in [0.2, 0.25) is 5.89 Å². The molecular formula is C19H19N3O2. The summed E-state index contributed by atoms with van der Waals surface area (Å²) in [4.78, 5) is 2.37. The third-order valence-corrected chi connectivity index (χ3v) is 4.26. The Balaban J connectivity index is 1.43. The Bertz CT molecular complexity index is 793. The monoisotopic (exact) mass is 321 g/mol. The normalized spacial score (nSPS) is 18.6. The largest absolute Gasteiger partial charge is 0.459 e. The number of furan rings is 1. The highest BCUT2D eigenvalue weighted by Gasteiger charge is 2.24. The molecule has 2 aromatic heterocycles. The topological polar surface area (TPSA) is 55.3 Å². The third-order valence-electron chi connectivity index (χ3n) is 4.26. The average molecular weight is 321 g/mol. The summed E-state index contributed by atoms with van der Waals surface area (Å²) < 4.78 is 11.0. The zero-order chi connectivity index (χ0) is 16.2. The number of nitrogens with zero attached hydrogens (tertiary/aromatic N) is 3. The highest BCUT2D eigenvalue weighted by Crippen LogP contribution is 2.23. The van der Waals surface area contributed by atoms with Gasteiger partial charge in [0, 0.05) is 6.04 Å². The molecular weight excluding hydrogens is 302 g/mol. The first-order valence-corrected chi connectivity index (χ1v) is 8.22. The van der Waals surface area contributed by atoms with Crippen LogP contribution in [0.4, 0.5) is 0 Å². The van der Waals surface area contributed by atoms with E-state index in [-0.39, 0.29) is 0 Å². The van der Waals surface area contributed by atoms with Crippen molar-refractivity contribution in [1.29, 1.82) is 0 Å². The first kappa shape index (κ1) is 14.9. The highest BCUT2D eigenvalue weighted by molar-refractivity contribution is 5.49. The van der Waals surface area contributed by atoms with Crippen LogP contribution in [0.3, 0.4) is 0 Å². The van der Waals surface area contributed by atoms with Gasteiger partial charge in [-0.25, -0.2) is 0 Å². The smallest absolute Gasteiger partial charge is 0.283 e. The molecule has 1 aromatic carbocycles. The van der Waals surface area contributed by atoms with Crippen LogP contribution in [0.1, 0.15) is 24.3 Å². The van der Waals surface area contributed by atoms with Crippen LogP contribution >= 0.6 is 0 Å². The number of hydrogen-bond acceptors (Lipinski definition) is 5. The maximum Gasteiger partial charge on any atom is 0.283 e. The summed E-state index contributed by atoms with van der Waals surface area (Å²) in [6.45, 7) is 1.71. The SMILES string of the molecule is C(=C\C1CCCN1Cc1nnc(-c2ccco2)o1)/c1ccccc1. The zero-order valence-electron chi connectivity index (χ0n) is 13.3. The summed E-state index contributed by atoms with van der Waals surface area (Å²) in [7, 11) is 0. The Morgan fingerprint density at radius 3 is 2.88 bits per heavy atom. The van der Waals surface area contributed by atoms with E-state index < -0.39 is 0 Å². The molecule has 1 atom stereocenters. The molecule has 0 N–H and O–H groups in total. The van der Waals surface area contributed by atoms with E-state index in [0.29, 0.717) is 30.1 Å². The second-order valence-corrected chi connectivity index (χ2v) is 5.93. The molecule has 0 saturated carbocycles. The Morgan fingerprint density at radius 1 is 1.12 bits per heavy atom. The summed E-state index contributed by atoms with van der Waals surface area (Å²) in [5.74, 6) is 1.67. The second-order valence-electron chi connectivity index (χ2n) is 5.93. The van der Waals surface area contributed by atoms with Crippen molar-refractivity contribution >= 4 is 6.08 Å². The summed E-state index contributed by atoms with van der Waals surface area (Å²) in [5, 5.41) is 8.21. The summed E-state index contributed by atoms with van der Waals surface area (Å²) in [6, 6.07) is 14.4. The quantitative estimate of drug-likeness (QED) is 0.711. The molecule has 1 aliphatic rings. The van der Waals surface area contributed by atoms with E-state index in [1.54, 1.807) is 6.26 Å². The van der Waals surface area contributed by atoms with Crippen LogP contribution in [0.2, 0.25) is 0 Å².